The third-order valence-electron chi connectivity index (χ3n) is 5.19. The third kappa shape index (κ3) is 5.83. The van der Waals surface area contributed by atoms with Crippen LogP contribution in [0.4, 0.5) is 14.5 Å². The highest BCUT2D eigenvalue weighted by Gasteiger charge is 2.28. The predicted molar refractivity (Wildman–Crippen MR) is 120 cm³/mol. The minimum atomic E-state index is -3.34. The SMILES string of the molecule is C[C@H](/C=C/S(C)(=O)=O)NC(=O)c1ncc(N2CCCCC2c2cccc(F)c2Cl)cc1F. The second-order valence-corrected chi connectivity index (χ2v) is 10.1. The van der Waals surface area contributed by atoms with Crippen molar-refractivity contribution in [2.24, 2.45) is 0 Å². The highest BCUT2D eigenvalue weighted by Crippen LogP contribution is 2.38. The van der Waals surface area contributed by atoms with E-state index >= 15 is 0 Å². The number of anilines is 1. The van der Waals surface area contributed by atoms with Gasteiger partial charge in [-0.15, -0.1) is 0 Å². The number of nitrogens with zero attached hydrogens (tertiary/aromatic N) is 2. The second kappa shape index (κ2) is 9.95. The maximum absolute atomic E-state index is 14.8. The Kier molecular flexibility index (Phi) is 7.51. The summed E-state index contributed by atoms with van der Waals surface area (Å²) in [6.07, 6.45) is 6.24. The summed E-state index contributed by atoms with van der Waals surface area (Å²) >= 11 is 6.19. The Morgan fingerprint density at radius 3 is 2.75 bits per heavy atom. The van der Waals surface area contributed by atoms with Crippen LogP contribution in [-0.2, 0) is 9.84 Å². The van der Waals surface area contributed by atoms with Crippen molar-refractivity contribution in [1.29, 1.82) is 0 Å². The van der Waals surface area contributed by atoms with Crippen molar-refractivity contribution in [3.8, 4) is 0 Å². The molecule has 1 saturated heterocycles. The number of hydrogen-bond acceptors (Lipinski definition) is 5. The van der Waals surface area contributed by atoms with Crippen molar-refractivity contribution in [3.05, 3.63) is 69.9 Å². The van der Waals surface area contributed by atoms with Gasteiger partial charge in [-0.3, -0.25) is 4.79 Å². The van der Waals surface area contributed by atoms with Gasteiger partial charge in [0.2, 0.25) is 0 Å². The number of sulfone groups is 1. The Morgan fingerprint density at radius 2 is 2.06 bits per heavy atom. The van der Waals surface area contributed by atoms with Gasteiger partial charge in [-0.2, -0.15) is 0 Å². The van der Waals surface area contributed by atoms with Gasteiger partial charge in [0.15, 0.2) is 21.3 Å². The number of halogens is 3. The number of rotatable bonds is 6. The standard InChI is InChI=1S/C22H24ClF2N3O3S/c1-14(9-11-32(2,30)31)27-22(29)21-18(25)12-15(13-26-21)28-10-4-3-8-19(28)16-6-5-7-17(24)20(16)23/h5-7,9,11-14,19H,3-4,8,10H2,1-2H3,(H,27,29)/b11-9+/t14-,19?/m1/s1. The Balaban J connectivity index is 1.82. The van der Waals surface area contributed by atoms with Crippen LogP contribution < -0.4 is 10.2 Å². The van der Waals surface area contributed by atoms with E-state index in [1.54, 1.807) is 19.1 Å². The minimum absolute atomic E-state index is 0.0463. The fourth-order valence-electron chi connectivity index (χ4n) is 3.68. The molecule has 1 fully saturated rings. The predicted octanol–water partition coefficient (Wildman–Crippen LogP) is 4.42. The normalized spacial score (nSPS) is 18.0. The number of carbonyl (C=O) groups excluding carboxylic acids is 1. The molecule has 1 amide bonds. The number of amides is 1. The average molecular weight is 484 g/mol. The quantitative estimate of drug-likeness (QED) is 0.658. The van der Waals surface area contributed by atoms with Gasteiger partial charge >= 0.3 is 0 Å². The first-order chi connectivity index (χ1) is 15.1. The maximum Gasteiger partial charge on any atom is 0.273 e. The van der Waals surface area contributed by atoms with E-state index in [9.17, 15) is 22.0 Å². The lowest BCUT2D eigenvalue weighted by molar-refractivity contribution is 0.0937. The molecule has 0 radical (unpaired) electrons. The second-order valence-electron chi connectivity index (χ2n) is 7.79. The van der Waals surface area contributed by atoms with Gasteiger partial charge in [0.05, 0.1) is 22.9 Å². The lowest BCUT2D eigenvalue weighted by Gasteiger charge is -2.38. The first-order valence-electron chi connectivity index (χ1n) is 10.1. The number of aromatic nitrogens is 1. The van der Waals surface area contributed by atoms with Gasteiger partial charge < -0.3 is 10.2 Å². The van der Waals surface area contributed by atoms with Crippen molar-refractivity contribution in [1.82, 2.24) is 10.3 Å². The summed E-state index contributed by atoms with van der Waals surface area (Å²) in [4.78, 5) is 18.3. The van der Waals surface area contributed by atoms with Crippen molar-refractivity contribution in [2.45, 2.75) is 38.3 Å². The zero-order valence-corrected chi connectivity index (χ0v) is 19.3. The number of pyridine rings is 1. The summed E-state index contributed by atoms with van der Waals surface area (Å²) in [6, 6.07) is 4.98. The smallest absolute Gasteiger partial charge is 0.273 e. The Bertz CT molecular complexity index is 1140. The van der Waals surface area contributed by atoms with E-state index in [1.165, 1.54) is 24.4 Å². The van der Waals surface area contributed by atoms with Crippen molar-refractivity contribution < 1.29 is 22.0 Å². The third-order valence-corrected chi connectivity index (χ3v) is 6.24. The molecule has 1 aliphatic rings. The van der Waals surface area contributed by atoms with E-state index in [4.69, 9.17) is 11.6 Å². The van der Waals surface area contributed by atoms with Crippen LogP contribution in [0, 0.1) is 11.6 Å². The van der Waals surface area contributed by atoms with Crippen LogP contribution >= 0.6 is 11.6 Å². The molecule has 2 aromatic rings. The molecule has 3 rings (SSSR count). The Morgan fingerprint density at radius 1 is 1.31 bits per heavy atom. The topological polar surface area (TPSA) is 79.4 Å². The molecule has 1 aromatic heterocycles. The number of piperidine rings is 1. The van der Waals surface area contributed by atoms with Crippen LogP contribution in [-0.4, -0.2) is 38.2 Å². The molecular formula is C22H24ClF2N3O3S. The molecule has 0 bridgehead atoms. The first kappa shape index (κ1) is 24.1. The summed E-state index contributed by atoms with van der Waals surface area (Å²) < 4.78 is 51.2. The maximum atomic E-state index is 14.8. The highest BCUT2D eigenvalue weighted by molar-refractivity contribution is 7.93. The van der Waals surface area contributed by atoms with Gasteiger partial charge in [0.25, 0.3) is 5.91 Å². The summed E-state index contributed by atoms with van der Waals surface area (Å²) in [5.74, 6) is -2.08. The molecule has 0 aliphatic carbocycles. The number of nitrogens with one attached hydrogen (secondary N) is 1. The molecule has 1 unspecified atom stereocenters. The van der Waals surface area contributed by atoms with Gasteiger partial charge in [-0.1, -0.05) is 29.8 Å². The molecular weight excluding hydrogens is 460 g/mol. The summed E-state index contributed by atoms with van der Waals surface area (Å²) in [6.45, 7) is 2.17. The fourth-order valence-corrected chi connectivity index (χ4v) is 4.45. The summed E-state index contributed by atoms with van der Waals surface area (Å²) in [5.41, 5.74) is 0.694. The van der Waals surface area contributed by atoms with Gasteiger partial charge in [-0.05, 0) is 37.8 Å². The van der Waals surface area contributed by atoms with Crippen molar-refractivity contribution in [2.75, 3.05) is 17.7 Å². The van der Waals surface area contributed by atoms with E-state index in [1.807, 2.05) is 4.90 Å². The van der Waals surface area contributed by atoms with Gasteiger partial charge in [-0.25, -0.2) is 22.2 Å². The fraction of sp³-hybridized carbons (Fsp3) is 0.364. The lowest BCUT2D eigenvalue weighted by Crippen LogP contribution is -2.35. The monoisotopic (exact) mass is 483 g/mol. The molecule has 32 heavy (non-hydrogen) atoms. The van der Waals surface area contributed by atoms with E-state index in [0.29, 0.717) is 17.8 Å². The van der Waals surface area contributed by atoms with E-state index in [0.717, 1.165) is 30.9 Å². The first-order valence-corrected chi connectivity index (χ1v) is 12.5. The van der Waals surface area contributed by atoms with Crippen LogP contribution in [0.1, 0.15) is 48.3 Å². The molecule has 2 atom stereocenters. The largest absolute Gasteiger partial charge is 0.363 e. The molecule has 1 aromatic carbocycles. The highest BCUT2D eigenvalue weighted by atomic mass is 35.5. The lowest BCUT2D eigenvalue weighted by atomic mass is 9.94. The Labute approximate surface area is 191 Å². The molecule has 1 aliphatic heterocycles. The molecule has 172 valence electrons. The number of benzene rings is 1. The van der Waals surface area contributed by atoms with Crippen LogP contribution in [0.3, 0.4) is 0 Å². The van der Waals surface area contributed by atoms with Crippen molar-refractivity contribution in [3.63, 3.8) is 0 Å². The van der Waals surface area contributed by atoms with E-state index in [2.05, 4.69) is 10.3 Å². The zero-order valence-electron chi connectivity index (χ0n) is 17.7. The van der Waals surface area contributed by atoms with Crippen LogP contribution in [0.2, 0.25) is 5.02 Å². The average Bonchev–Trinajstić information content (AvgIpc) is 2.73. The van der Waals surface area contributed by atoms with Crippen molar-refractivity contribution >= 4 is 33.0 Å². The van der Waals surface area contributed by atoms with Crippen LogP contribution in [0.5, 0.6) is 0 Å². The number of hydrogen-bond donors (Lipinski definition) is 1. The molecule has 0 saturated carbocycles. The van der Waals surface area contributed by atoms with Crippen LogP contribution in [0.25, 0.3) is 0 Å². The minimum Gasteiger partial charge on any atom is -0.363 e. The number of carbonyl (C=O) groups is 1. The molecule has 2 heterocycles. The van der Waals surface area contributed by atoms with E-state index < -0.39 is 39.1 Å². The molecule has 0 spiro atoms. The van der Waals surface area contributed by atoms with Gasteiger partial charge in [0.1, 0.15) is 5.82 Å². The summed E-state index contributed by atoms with van der Waals surface area (Å²) in [7, 11) is -3.34. The molecule has 1 N–H and O–H groups in total. The van der Waals surface area contributed by atoms with Gasteiger partial charge in [0, 0.05) is 30.3 Å². The zero-order chi connectivity index (χ0) is 23.5. The molecule has 10 heteroatoms. The molecule has 6 nitrogen and oxygen atoms in total. The Hall–Kier alpha value is -2.52. The van der Waals surface area contributed by atoms with Crippen LogP contribution in [0.15, 0.2) is 41.9 Å². The van der Waals surface area contributed by atoms with E-state index in [-0.39, 0.29) is 11.1 Å². The summed E-state index contributed by atoms with van der Waals surface area (Å²) in [5, 5.41) is 3.51.